The highest BCUT2D eigenvalue weighted by Gasteiger charge is 2.31. The Hall–Kier alpha value is -3.07. The fraction of sp³-hybridized carbons (Fsp3) is 0.462. The first kappa shape index (κ1) is 26.5. The van der Waals surface area contributed by atoms with Crippen molar-refractivity contribution < 1.29 is 22.7 Å². The highest BCUT2D eigenvalue weighted by atomic mass is 32.2. The van der Waals surface area contributed by atoms with E-state index in [0.29, 0.717) is 11.4 Å². The number of aryl methyl sites for hydroxylation is 1. The molecule has 2 aromatic rings. The standard InChI is InChI=1S/C26H35N3O5S/c1-19-10-5-6-11-21(19)17-28(20(2)26(31)27-22-12-7-8-13-22)25(30)18-29(35(4,32)33)23-14-9-15-24(16-23)34-3/h5-6,9-11,14-16,20,22H,7-8,12-13,17-18H2,1-4H3,(H,27,31)/t20-/m0/s1. The Morgan fingerprint density at radius 1 is 1.11 bits per heavy atom. The second kappa shape index (κ2) is 11.6. The smallest absolute Gasteiger partial charge is 0.244 e. The van der Waals surface area contributed by atoms with Crippen molar-refractivity contribution in [1.82, 2.24) is 10.2 Å². The van der Waals surface area contributed by atoms with Crippen molar-refractivity contribution in [2.75, 3.05) is 24.2 Å². The second-order valence-electron chi connectivity index (χ2n) is 9.09. The van der Waals surface area contributed by atoms with Crippen molar-refractivity contribution in [3.05, 3.63) is 59.7 Å². The third-order valence-corrected chi connectivity index (χ3v) is 7.63. The minimum absolute atomic E-state index is 0.115. The lowest BCUT2D eigenvalue weighted by molar-refractivity contribution is -0.139. The third kappa shape index (κ3) is 6.97. The number of amides is 2. The first-order valence-corrected chi connectivity index (χ1v) is 13.7. The molecule has 1 saturated carbocycles. The molecule has 0 aromatic heterocycles. The van der Waals surface area contributed by atoms with E-state index >= 15 is 0 Å². The van der Waals surface area contributed by atoms with Crippen molar-refractivity contribution in [1.29, 1.82) is 0 Å². The molecule has 35 heavy (non-hydrogen) atoms. The van der Waals surface area contributed by atoms with Crippen LogP contribution in [-0.2, 0) is 26.2 Å². The van der Waals surface area contributed by atoms with Gasteiger partial charge in [0.15, 0.2) is 0 Å². The number of nitrogens with zero attached hydrogens (tertiary/aromatic N) is 2. The molecule has 0 spiro atoms. The van der Waals surface area contributed by atoms with Gasteiger partial charge in [-0.05, 0) is 49.9 Å². The van der Waals surface area contributed by atoms with Gasteiger partial charge in [-0.15, -0.1) is 0 Å². The predicted octanol–water partition coefficient (Wildman–Crippen LogP) is 3.25. The largest absolute Gasteiger partial charge is 0.497 e. The van der Waals surface area contributed by atoms with E-state index in [1.165, 1.54) is 12.0 Å². The second-order valence-corrected chi connectivity index (χ2v) is 11.0. The Bertz CT molecular complexity index is 1150. The number of rotatable bonds is 10. The summed E-state index contributed by atoms with van der Waals surface area (Å²) >= 11 is 0. The number of methoxy groups -OCH3 is 1. The fourth-order valence-electron chi connectivity index (χ4n) is 4.32. The number of ether oxygens (including phenoxy) is 1. The number of hydrogen-bond donors (Lipinski definition) is 1. The molecule has 2 amide bonds. The zero-order valence-electron chi connectivity index (χ0n) is 20.9. The molecule has 1 N–H and O–H groups in total. The van der Waals surface area contributed by atoms with E-state index in [4.69, 9.17) is 4.74 Å². The summed E-state index contributed by atoms with van der Waals surface area (Å²) in [6.07, 6.45) is 5.08. The van der Waals surface area contributed by atoms with Gasteiger partial charge in [0.25, 0.3) is 0 Å². The summed E-state index contributed by atoms with van der Waals surface area (Å²) < 4.78 is 31.6. The van der Waals surface area contributed by atoms with Crippen LogP contribution in [0.3, 0.4) is 0 Å². The van der Waals surface area contributed by atoms with Crippen molar-refractivity contribution >= 4 is 27.5 Å². The molecule has 0 heterocycles. The summed E-state index contributed by atoms with van der Waals surface area (Å²) in [5.74, 6) is -0.216. The van der Waals surface area contributed by atoms with E-state index in [9.17, 15) is 18.0 Å². The molecule has 1 atom stereocenters. The molecule has 190 valence electrons. The van der Waals surface area contributed by atoms with E-state index < -0.39 is 28.5 Å². The number of anilines is 1. The van der Waals surface area contributed by atoms with Gasteiger partial charge in [0.1, 0.15) is 18.3 Å². The molecule has 9 heteroatoms. The minimum atomic E-state index is -3.79. The van der Waals surface area contributed by atoms with Gasteiger partial charge < -0.3 is 15.0 Å². The van der Waals surface area contributed by atoms with Crippen LogP contribution in [0, 0.1) is 6.92 Å². The Morgan fingerprint density at radius 2 is 1.80 bits per heavy atom. The SMILES string of the molecule is COc1cccc(N(CC(=O)N(Cc2ccccc2C)[C@@H](C)C(=O)NC2CCCC2)S(C)(=O)=O)c1. The summed E-state index contributed by atoms with van der Waals surface area (Å²) in [6.45, 7) is 3.40. The first-order chi connectivity index (χ1) is 16.6. The zero-order valence-corrected chi connectivity index (χ0v) is 21.7. The maximum atomic E-state index is 13.6. The Morgan fingerprint density at radius 3 is 2.43 bits per heavy atom. The highest BCUT2D eigenvalue weighted by molar-refractivity contribution is 7.92. The number of hydrogen-bond acceptors (Lipinski definition) is 5. The summed E-state index contributed by atoms with van der Waals surface area (Å²) in [6, 6.07) is 13.5. The van der Waals surface area contributed by atoms with Crippen molar-refractivity contribution in [2.45, 2.75) is 58.2 Å². The normalized spacial score (nSPS) is 14.9. The molecule has 8 nitrogen and oxygen atoms in total. The monoisotopic (exact) mass is 501 g/mol. The van der Waals surface area contributed by atoms with E-state index in [-0.39, 0.29) is 18.5 Å². The number of carbonyl (C=O) groups excluding carboxylic acids is 2. The predicted molar refractivity (Wildman–Crippen MR) is 137 cm³/mol. The van der Waals surface area contributed by atoms with Crippen LogP contribution in [0.4, 0.5) is 5.69 Å². The third-order valence-electron chi connectivity index (χ3n) is 6.49. The molecule has 0 radical (unpaired) electrons. The van der Waals surface area contributed by atoms with Crippen LogP contribution in [-0.4, -0.2) is 57.1 Å². The van der Waals surface area contributed by atoms with Gasteiger partial charge in [0.2, 0.25) is 21.8 Å². The van der Waals surface area contributed by atoms with Crippen molar-refractivity contribution in [2.24, 2.45) is 0 Å². The van der Waals surface area contributed by atoms with E-state index in [1.54, 1.807) is 31.2 Å². The van der Waals surface area contributed by atoms with Crippen LogP contribution in [0.2, 0.25) is 0 Å². The van der Waals surface area contributed by atoms with E-state index in [0.717, 1.165) is 47.4 Å². The van der Waals surface area contributed by atoms with Crippen LogP contribution >= 0.6 is 0 Å². The Balaban J connectivity index is 1.90. The van der Waals surface area contributed by atoms with Crippen LogP contribution in [0.25, 0.3) is 0 Å². The topological polar surface area (TPSA) is 96.0 Å². The molecule has 0 bridgehead atoms. The summed E-state index contributed by atoms with van der Waals surface area (Å²) in [5.41, 5.74) is 2.20. The number of nitrogens with one attached hydrogen (secondary N) is 1. The average molecular weight is 502 g/mol. The fourth-order valence-corrected chi connectivity index (χ4v) is 5.17. The summed E-state index contributed by atoms with van der Waals surface area (Å²) in [4.78, 5) is 28.2. The highest BCUT2D eigenvalue weighted by Crippen LogP contribution is 2.24. The van der Waals surface area contributed by atoms with Crippen molar-refractivity contribution in [3.63, 3.8) is 0 Å². The van der Waals surface area contributed by atoms with Crippen LogP contribution in [0.1, 0.15) is 43.7 Å². The van der Waals surface area contributed by atoms with Gasteiger partial charge in [-0.1, -0.05) is 43.2 Å². The van der Waals surface area contributed by atoms with Gasteiger partial charge in [-0.3, -0.25) is 13.9 Å². The molecule has 3 rings (SSSR count). The van der Waals surface area contributed by atoms with Crippen LogP contribution in [0.15, 0.2) is 48.5 Å². The van der Waals surface area contributed by atoms with Gasteiger partial charge in [-0.25, -0.2) is 8.42 Å². The Kier molecular flexibility index (Phi) is 8.77. The van der Waals surface area contributed by atoms with Crippen molar-refractivity contribution in [3.8, 4) is 5.75 Å². The van der Waals surface area contributed by atoms with Gasteiger partial charge >= 0.3 is 0 Å². The molecule has 2 aromatic carbocycles. The maximum Gasteiger partial charge on any atom is 0.244 e. The van der Waals surface area contributed by atoms with Crippen LogP contribution in [0.5, 0.6) is 5.75 Å². The lowest BCUT2D eigenvalue weighted by Crippen LogP contribution is -2.52. The molecule has 1 aliphatic carbocycles. The number of carbonyl (C=O) groups is 2. The van der Waals surface area contributed by atoms with Gasteiger partial charge in [0.05, 0.1) is 19.1 Å². The maximum absolute atomic E-state index is 13.6. The molecular weight excluding hydrogens is 466 g/mol. The van der Waals surface area contributed by atoms with Gasteiger partial charge in [0, 0.05) is 18.7 Å². The Labute approximate surface area is 208 Å². The lowest BCUT2D eigenvalue weighted by Gasteiger charge is -2.32. The quantitative estimate of drug-likeness (QED) is 0.539. The number of sulfonamides is 1. The summed E-state index contributed by atoms with van der Waals surface area (Å²) in [5, 5.41) is 3.06. The minimum Gasteiger partial charge on any atom is -0.497 e. The van der Waals surface area contributed by atoms with Crippen LogP contribution < -0.4 is 14.4 Å². The average Bonchev–Trinajstić information content (AvgIpc) is 3.33. The summed E-state index contributed by atoms with van der Waals surface area (Å²) in [7, 11) is -2.30. The molecule has 0 saturated heterocycles. The lowest BCUT2D eigenvalue weighted by atomic mass is 10.1. The molecule has 0 aliphatic heterocycles. The molecule has 1 fully saturated rings. The van der Waals surface area contributed by atoms with E-state index in [1.807, 2.05) is 31.2 Å². The van der Waals surface area contributed by atoms with E-state index in [2.05, 4.69) is 5.32 Å². The molecule has 1 aliphatic rings. The zero-order chi connectivity index (χ0) is 25.6. The number of benzene rings is 2. The van der Waals surface area contributed by atoms with Gasteiger partial charge in [-0.2, -0.15) is 0 Å². The molecule has 0 unspecified atom stereocenters. The first-order valence-electron chi connectivity index (χ1n) is 11.9. The molecular formula is C26H35N3O5S.